The molecule has 4 saturated carbocycles. The molecule has 4 bridgehead atoms. The van der Waals surface area contributed by atoms with Gasteiger partial charge < -0.3 is 20.5 Å². The Hall–Kier alpha value is -3.14. The fourth-order valence-electron chi connectivity index (χ4n) is 6.58. The van der Waals surface area contributed by atoms with E-state index < -0.39 is 11.4 Å². The largest absolute Gasteiger partial charge is 0.477 e. The summed E-state index contributed by atoms with van der Waals surface area (Å²) in [5.41, 5.74) is -0.342. The first-order valence-corrected chi connectivity index (χ1v) is 14.7. The molecule has 3 N–H and O–H groups in total. The van der Waals surface area contributed by atoms with Crippen LogP contribution in [0.2, 0.25) is 0 Å². The van der Waals surface area contributed by atoms with Crippen molar-refractivity contribution in [1.29, 1.82) is 0 Å². The van der Waals surface area contributed by atoms with Crippen molar-refractivity contribution in [3.63, 3.8) is 0 Å². The normalized spacial score (nSPS) is 25.8. The summed E-state index contributed by atoms with van der Waals surface area (Å²) in [7, 11) is 0. The number of carboxylic acid groups (broad SMARTS) is 1. The molecule has 210 valence electrons. The van der Waals surface area contributed by atoms with E-state index in [1.54, 1.807) is 37.6 Å². The van der Waals surface area contributed by atoms with Crippen LogP contribution in [0.3, 0.4) is 0 Å². The summed E-state index contributed by atoms with van der Waals surface area (Å²) in [5, 5.41) is 21.4. The van der Waals surface area contributed by atoms with Gasteiger partial charge in [-0.1, -0.05) is 19.9 Å². The van der Waals surface area contributed by atoms with Gasteiger partial charge in [-0.2, -0.15) is 5.10 Å². The SMILES string of the molecule is CC(C)COc1c(C(=O)NC2C3CC4CC(C3)CC2C4)cnn1C=CC(C)(C)C(=O)Nc1ccsc1C(=O)O. The van der Waals surface area contributed by atoms with Gasteiger partial charge in [0.05, 0.1) is 23.9 Å². The number of carboxylic acids is 1. The Bertz CT molecular complexity index is 1250. The highest BCUT2D eigenvalue weighted by molar-refractivity contribution is 7.12. The Morgan fingerprint density at radius 1 is 1.18 bits per heavy atom. The van der Waals surface area contributed by atoms with E-state index in [0.717, 1.165) is 23.2 Å². The predicted molar refractivity (Wildman–Crippen MR) is 150 cm³/mol. The highest BCUT2D eigenvalue weighted by atomic mass is 32.1. The van der Waals surface area contributed by atoms with Gasteiger partial charge in [0.1, 0.15) is 10.4 Å². The lowest BCUT2D eigenvalue weighted by molar-refractivity contribution is -0.121. The highest BCUT2D eigenvalue weighted by Gasteiger charge is 2.48. The number of thiophene rings is 1. The second-order valence-corrected chi connectivity index (χ2v) is 13.3. The van der Waals surface area contributed by atoms with E-state index >= 15 is 0 Å². The number of aromatic carboxylic acids is 1. The van der Waals surface area contributed by atoms with Gasteiger partial charge in [-0.05, 0) is 87.0 Å². The van der Waals surface area contributed by atoms with E-state index in [0.29, 0.717) is 29.9 Å². The lowest BCUT2D eigenvalue weighted by Crippen LogP contribution is -2.55. The third kappa shape index (κ3) is 5.76. The molecule has 0 spiro atoms. The Balaban J connectivity index is 1.32. The monoisotopic (exact) mass is 554 g/mol. The Morgan fingerprint density at radius 3 is 2.46 bits per heavy atom. The van der Waals surface area contributed by atoms with Crippen molar-refractivity contribution in [2.45, 2.75) is 65.8 Å². The van der Waals surface area contributed by atoms with Gasteiger partial charge in [-0.3, -0.25) is 9.59 Å². The van der Waals surface area contributed by atoms with Crippen molar-refractivity contribution < 1.29 is 24.2 Å². The Morgan fingerprint density at radius 2 is 1.85 bits per heavy atom. The van der Waals surface area contributed by atoms with Crippen LogP contribution < -0.4 is 15.4 Å². The molecule has 10 heteroatoms. The van der Waals surface area contributed by atoms with Crippen LogP contribution in [0.1, 0.15) is 79.8 Å². The molecule has 0 aromatic carbocycles. The smallest absolute Gasteiger partial charge is 0.348 e. The van der Waals surface area contributed by atoms with Gasteiger partial charge in [0.2, 0.25) is 11.8 Å². The molecule has 2 aromatic rings. The molecule has 2 aromatic heterocycles. The molecule has 39 heavy (non-hydrogen) atoms. The zero-order valence-electron chi connectivity index (χ0n) is 23.0. The van der Waals surface area contributed by atoms with Crippen LogP contribution in [0.5, 0.6) is 5.88 Å². The number of carbonyl (C=O) groups is 3. The number of hydrogen-bond donors (Lipinski definition) is 3. The second-order valence-electron chi connectivity index (χ2n) is 12.4. The van der Waals surface area contributed by atoms with E-state index in [-0.39, 0.29) is 34.3 Å². The zero-order valence-corrected chi connectivity index (χ0v) is 23.8. The maximum Gasteiger partial charge on any atom is 0.348 e. The standard InChI is InChI=1S/C29H38N4O5S/c1-16(2)15-38-26-21(25(34)32-23-19-10-17-9-18(12-19)13-20(23)11-17)14-30-33(26)7-6-29(3,4)28(37)31-22-5-8-39-24(22)27(35)36/h5-8,14,16-20,23H,9-13,15H2,1-4H3,(H,31,37)(H,32,34)(H,35,36). The van der Waals surface area contributed by atoms with Crippen LogP contribution in [0.15, 0.2) is 23.7 Å². The van der Waals surface area contributed by atoms with Crippen molar-refractivity contribution in [2.24, 2.45) is 35.0 Å². The van der Waals surface area contributed by atoms with E-state index in [1.165, 1.54) is 43.0 Å². The van der Waals surface area contributed by atoms with Crippen LogP contribution in [-0.4, -0.2) is 45.3 Å². The minimum absolute atomic E-state index is 0.0781. The molecule has 0 aliphatic heterocycles. The summed E-state index contributed by atoms with van der Waals surface area (Å²) >= 11 is 1.05. The van der Waals surface area contributed by atoms with Crippen molar-refractivity contribution in [3.8, 4) is 5.88 Å². The first-order valence-electron chi connectivity index (χ1n) is 13.8. The van der Waals surface area contributed by atoms with Gasteiger partial charge in [-0.25, -0.2) is 9.48 Å². The van der Waals surface area contributed by atoms with E-state index in [1.807, 2.05) is 13.8 Å². The molecule has 0 saturated heterocycles. The molecule has 4 aliphatic carbocycles. The quantitative estimate of drug-likeness (QED) is 0.363. The average Bonchev–Trinajstić information content (AvgIpc) is 3.50. The van der Waals surface area contributed by atoms with Crippen molar-refractivity contribution >= 4 is 41.0 Å². The third-order valence-corrected chi connectivity index (χ3v) is 9.30. The number of nitrogens with zero attached hydrogens (tertiary/aromatic N) is 2. The minimum atomic E-state index is -1.09. The molecule has 2 heterocycles. The van der Waals surface area contributed by atoms with Crippen LogP contribution in [0.25, 0.3) is 6.20 Å². The molecule has 0 radical (unpaired) electrons. The van der Waals surface area contributed by atoms with Crippen LogP contribution in [0, 0.1) is 35.0 Å². The molecule has 4 aliphatic rings. The van der Waals surface area contributed by atoms with E-state index in [9.17, 15) is 19.5 Å². The third-order valence-electron chi connectivity index (χ3n) is 8.40. The fraction of sp³-hybridized carbons (Fsp3) is 0.586. The number of anilines is 1. The Labute approximate surface area is 233 Å². The number of aromatic nitrogens is 2. The second kappa shape index (κ2) is 10.8. The predicted octanol–water partition coefficient (Wildman–Crippen LogP) is 5.37. The molecular weight excluding hydrogens is 516 g/mol. The van der Waals surface area contributed by atoms with Crippen LogP contribution in [0.4, 0.5) is 5.69 Å². The van der Waals surface area contributed by atoms with Gasteiger partial charge in [0.25, 0.3) is 5.91 Å². The number of nitrogens with one attached hydrogen (secondary N) is 2. The molecule has 6 rings (SSSR count). The first-order chi connectivity index (χ1) is 18.5. The first kappa shape index (κ1) is 27.4. The zero-order chi connectivity index (χ0) is 27.9. The van der Waals surface area contributed by atoms with E-state index in [2.05, 4.69) is 15.7 Å². The fourth-order valence-corrected chi connectivity index (χ4v) is 7.27. The number of hydrogen-bond acceptors (Lipinski definition) is 6. The van der Waals surface area contributed by atoms with E-state index in [4.69, 9.17) is 4.74 Å². The molecular formula is C29H38N4O5S. The van der Waals surface area contributed by atoms with Gasteiger partial charge in [0.15, 0.2) is 0 Å². The van der Waals surface area contributed by atoms with Crippen molar-refractivity contribution in [3.05, 3.63) is 34.2 Å². The number of amides is 2. The van der Waals surface area contributed by atoms with Crippen molar-refractivity contribution in [1.82, 2.24) is 15.1 Å². The summed E-state index contributed by atoms with van der Waals surface area (Å²) in [5.74, 6) is 1.75. The topological polar surface area (TPSA) is 123 Å². The molecule has 0 atom stereocenters. The number of ether oxygens (including phenoxy) is 1. The molecule has 9 nitrogen and oxygen atoms in total. The minimum Gasteiger partial charge on any atom is -0.477 e. The summed E-state index contributed by atoms with van der Waals surface area (Å²) in [6.45, 7) is 7.94. The molecule has 4 fully saturated rings. The summed E-state index contributed by atoms with van der Waals surface area (Å²) in [4.78, 5) is 38.0. The number of carbonyl (C=O) groups excluding carboxylic acids is 2. The summed E-state index contributed by atoms with van der Waals surface area (Å²) in [6, 6.07) is 1.78. The lowest BCUT2D eigenvalue weighted by Gasteiger charge is -2.54. The van der Waals surface area contributed by atoms with Crippen LogP contribution >= 0.6 is 11.3 Å². The maximum atomic E-state index is 13.5. The van der Waals surface area contributed by atoms with Gasteiger partial charge >= 0.3 is 5.97 Å². The summed E-state index contributed by atoms with van der Waals surface area (Å²) < 4.78 is 7.57. The molecule has 2 amide bonds. The summed E-state index contributed by atoms with van der Waals surface area (Å²) in [6.07, 6.45) is 11.1. The van der Waals surface area contributed by atoms with Crippen LogP contribution in [-0.2, 0) is 4.79 Å². The van der Waals surface area contributed by atoms with Gasteiger partial charge in [-0.15, -0.1) is 11.3 Å². The average molecular weight is 555 g/mol. The lowest BCUT2D eigenvalue weighted by atomic mass is 9.54. The van der Waals surface area contributed by atoms with Crippen molar-refractivity contribution in [2.75, 3.05) is 11.9 Å². The maximum absolute atomic E-state index is 13.5. The highest BCUT2D eigenvalue weighted by Crippen LogP contribution is 2.53. The molecule has 0 unspecified atom stereocenters. The van der Waals surface area contributed by atoms with Gasteiger partial charge in [0, 0.05) is 12.2 Å². The number of rotatable bonds is 10. The Kier molecular flexibility index (Phi) is 7.59.